The van der Waals surface area contributed by atoms with E-state index >= 15 is 0 Å². The average Bonchev–Trinajstić information content (AvgIpc) is 3.77. The lowest BCUT2D eigenvalue weighted by molar-refractivity contribution is 0.729. The molecular formula is C44H31N3. The predicted octanol–water partition coefficient (Wildman–Crippen LogP) is 11.0. The van der Waals surface area contributed by atoms with E-state index in [9.17, 15) is 0 Å². The van der Waals surface area contributed by atoms with E-state index in [1.165, 1.54) is 49.9 Å². The quantitative estimate of drug-likeness (QED) is 0.192. The molecule has 9 aromatic rings. The van der Waals surface area contributed by atoms with E-state index in [1.54, 1.807) is 0 Å². The van der Waals surface area contributed by atoms with Gasteiger partial charge in [-0.1, -0.05) is 115 Å². The first-order chi connectivity index (χ1) is 23.3. The van der Waals surface area contributed by atoms with Crippen LogP contribution in [0.4, 0.5) is 0 Å². The molecule has 3 heterocycles. The Labute approximate surface area is 273 Å². The van der Waals surface area contributed by atoms with Gasteiger partial charge in [-0.3, -0.25) is 4.98 Å². The molecule has 0 spiro atoms. The highest BCUT2D eigenvalue weighted by molar-refractivity contribution is 6.22. The summed E-state index contributed by atoms with van der Waals surface area (Å²) in [5.41, 5.74) is 15.1. The van der Waals surface area contributed by atoms with Gasteiger partial charge in [0.1, 0.15) is 0 Å². The number of hydrogen-bond acceptors (Lipinski definition) is 1. The van der Waals surface area contributed by atoms with Crippen LogP contribution in [0.3, 0.4) is 0 Å². The topological polar surface area (TPSA) is 22.8 Å². The summed E-state index contributed by atoms with van der Waals surface area (Å²) in [5.74, 6) is 0.409. The summed E-state index contributed by atoms with van der Waals surface area (Å²) < 4.78 is 4.87. The van der Waals surface area contributed by atoms with E-state index in [2.05, 4.69) is 167 Å². The molecule has 0 bridgehead atoms. The van der Waals surface area contributed by atoms with Crippen molar-refractivity contribution in [3.63, 3.8) is 0 Å². The van der Waals surface area contributed by atoms with Crippen LogP contribution >= 0.6 is 0 Å². The molecule has 0 saturated heterocycles. The van der Waals surface area contributed by atoms with Crippen LogP contribution in [0.5, 0.6) is 0 Å². The first-order valence-electron chi connectivity index (χ1n) is 16.5. The van der Waals surface area contributed by atoms with Gasteiger partial charge >= 0.3 is 0 Å². The van der Waals surface area contributed by atoms with Crippen LogP contribution in [0, 0.1) is 0 Å². The van der Waals surface area contributed by atoms with Gasteiger partial charge in [-0.15, -0.1) is 0 Å². The molecule has 0 aliphatic heterocycles. The number of aryl methyl sites for hydroxylation is 1. The number of benzene rings is 6. The second-order valence-electron chi connectivity index (χ2n) is 12.7. The molecule has 3 nitrogen and oxygen atoms in total. The lowest BCUT2D eigenvalue weighted by atomic mass is 9.90. The highest BCUT2D eigenvalue weighted by Crippen LogP contribution is 2.47. The molecule has 6 aromatic carbocycles. The second kappa shape index (κ2) is 10.3. The fourth-order valence-corrected chi connectivity index (χ4v) is 8.18. The van der Waals surface area contributed by atoms with Crippen LogP contribution in [0.1, 0.15) is 29.0 Å². The lowest BCUT2D eigenvalue weighted by Gasteiger charge is -2.15. The van der Waals surface area contributed by atoms with Gasteiger partial charge < -0.3 is 9.13 Å². The molecule has 1 aliphatic carbocycles. The minimum atomic E-state index is 0.409. The van der Waals surface area contributed by atoms with Gasteiger partial charge in [0, 0.05) is 39.6 Å². The summed E-state index contributed by atoms with van der Waals surface area (Å²) in [6.45, 7) is 0. The number of rotatable bonds is 5. The lowest BCUT2D eigenvalue weighted by Crippen LogP contribution is -2.01. The summed E-state index contributed by atoms with van der Waals surface area (Å²) in [4.78, 5) is 5.13. The third kappa shape index (κ3) is 3.90. The van der Waals surface area contributed by atoms with Gasteiger partial charge in [0.15, 0.2) is 0 Å². The van der Waals surface area contributed by atoms with E-state index in [0.29, 0.717) is 5.92 Å². The maximum Gasteiger partial charge on any atom is 0.0985 e. The molecule has 0 unspecified atom stereocenters. The molecule has 0 N–H and O–H groups in total. The fourth-order valence-electron chi connectivity index (χ4n) is 8.18. The Morgan fingerprint density at radius 1 is 0.489 bits per heavy atom. The van der Waals surface area contributed by atoms with Crippen molar-refractivity contribution < 1.29 is 0 Å². The molecule has 1 aliphatic rings. The van der Waals surface area contributed by atoms with Crippen molar-refractivity contribution in [1.82, 2.24) is 14.1 Å². The van der Waals surface area contributed by atoms with Gasteiger partial charge in [-0.05, 0) is 77.1 Å². The van der Waals surface area contributed by atoms with Crippen LogP contribution in [-0.4, -0.2) is 14.1 Å². The number of pyridine rings is 1. The highest BCUT2D eigenvalue weighted by Gasteiger charge is 2.28. The Hall–Kier alpha value is -5.93. The Morgan fingerprint density at radius 2 is 1.09 bits per heavy atom. The number of nitrogens with zero attached hydrogens (tertiary/aromatic N) is 3. The van der Waals surface area contributed by atoms with E-state index < -0.39 is 0 Å². The van der Waals surface area contributed by atoms with Crippen molar-refractivity contribution in [1.29, 1.82) is 0 Å². The zero-order valence-electron chi connectivity index (χ0n) is 25.8. The first kappa shape index (κ1) is 26.3. The van der Waals surface area contributed by atoms with Crippen molar-refractivity contribution in [2.24, 2.45) is 0 Å². The molecule has 47 heavy (non-hydrogen) atoms. The summed E-state index contributed by atoms with van der Waals surface area (Å²) in [6, 6.07) is 55.2. The molecule has 0 fully saturated rings. The maximum atomic E-state index is 5.13. The monoisotopic (exact) mass is 601 g/mol. The van der Waals surface area contributed by atoms with E-state index in [4.69, 9.17) is 4.98 Å². The Kier molecular flexibility index (Phi) is 5.76. The molecule has 3 aromatic heterocycles. The Balaban J connectivity index is 1.17. The summed E-state index contributed by atoms with van der Waals surface area (Å²) >= 11 is 0. The van der Waals surface area contributed by atoms with Crippen molar-refractivity contribution in [2.45, 2.75) is 18.8 Å². The van der Waals surface area contributed by atoms with E-state index in [-0.39, 0.29) is 0 Å². The summed E-state index contributed by atoms with van der Waals surface area (Å²) in [7, 11) is 0. The second-order valence-corrected chi connectivity index (χ2v) is 12.7. The zero-order chi connectivity index (χ0) is 30.9. The van der Waals surface area contributed by atoms with Gasteiger partial charge in [0.25, 0.3) is 0 Å². The molecule has 0 saturated carbocycles. The van der Waals surface area contributed by atoms with Crippen molar-refractivity contribution in [3.05, 3.63) is 175 Å². The number of fused-ring (bicyclic) bond motifs is 10. The van der Waals surface area contributed by atoms with E-state index in [1.807, 2.05) is 0 Å². The van der Waals surface area contributed by atoms with Crippen molar-refractivity contribution in [2.75, 3.05) is 0 Å². The smallest absolute Gasteiger partial charge is 0.0985 e. The molecule has 222 valence electrons. The molecule has 10 rings (SSSR count). The van der Waals surface area contributed by atoms with Gasteiger partial charge in [-0.2, -0.15) is 0 Å². The van der Waals surface area contributed by atoms with Crippen LogP contribution in [0.15, 0.2) is 158 Å². The number of aromatic nitrogens is 3. The largest absolute Gasteiger partial charge is 0.307 e. The normalized spacial score (nSPS) is 12.8. The first-order valence-corrected chi connectivity index (χ1v) is 16.5. The fraction of sp³-hybridized carbons (Fsp3) is 0.0682. The molecule has 3 heteroatoms. The highest BCUT2D eigenvalue weighted by atomic mass is 15.1. The van der Waals surface area contributed by atoms with Crippen LogP contribution in [0.2, 0.25) is 0 Å². The predicted molar refractivity (Wildman–Crippen MR) is 195 cm³/mol. The summed E-state index contributed by atoms with van der Waals surface area (Å²) in [6.07, 6.45) is 4.15. The summed E-state index contributed by atoms with van der Waals surface area (Å²) in [5, 5.41) is 3.54. The zero-order valence-corrected chi connectivity index (χ0v) is 25.8. The van der Waals surface area contributed by atoms with Gasteiger partial charge in [0.2, 0.25) is 0 Å². The molecular weight excluding hydrogens is 571 g/mol. The third-order valence-corrected chi connectivity index (χ3v) is 10.2. The maximum absolute atomic E-state index is 5.13. The minimum absolute atomic E-state index is 0.409. The number of para-hydroxylation sites is 3. The van der Waals surface area contributed by atoms with Gasteiger partial charge in [0.05, 0.1) is 27.6 Å². The molecule has 0 amide bonds. The van der Waals surface area contributed by atoms with E-state index in [0.717, 1.165) is 45.9 Å². The van der Waals surface area contributed by atoms with Crippen LogP contribution in [-0.2, 0) is 6.42 Å². The average molecular weight is 602 g/mol. The third-order valence-electron chi connectivity index (χ3n) is 10.2. The number of hydrogen-bond donors (Lipinski definition) is 0. The standard InChI is InChI=1S/C44H31N3/c1-2-14-30(15-3-1)46-41-24-11-9-22-38(41)42-44(46)43-39(28-45-42)37-21-8-10-23-40(37)47(43)31-16-12-13-29(27-31)25-26-36-34-19-6-4-17-32(34)33-18-5-7-20-35(33)36/h1-24,27-28,36H,25-26H2. The Morgan fingerprint density at radius 3 is 1.85 bits per heavy atom. The van der Waals surface area contributed by atoms with Crippen LogP contribution in [0.25, 0.3) is 66.2 Å². The minimum Gasteiger partial charge on any atom is -0.307 e. The Bertz CT molecular complexity index is 2590. The van der Waals surface area contributed by atoms with Crippen molar-refractivity contribution in [3.8, 4) is 22.5 Å². The van der Waals surface area contributed by atoms with Crippen LogP contribution < -0.4 is 0 Å². The molecule has 0 atom stereocenters. The molecule has 0 radical (unpaired) electrons. The van der Waals surface area contributed by atoms with Crippen molar-refractivity contribution >= 4 is 43.7 Å². The van der Waals surface area contributed by atoms with Gasteiger partial charge in [-0.25, -0.2) is 0 Å². The SMILES string of the molecule is c1ccc(-n2c3ccccc3c3ncc4c5ccccc5n(-c5cccc(CCC6c7ccccc7-c7ccccc76)c5)c4c32)cc1.